The molecule has 0 bridgehead atoms. The molecule has 1 N–H and O–H groups in total. The van der Waals surface area contributed by atoms with E-state index in [9.17, 15) is 4.79 Å². The van der Waals surface area contributed by atoms with Gasteiger partial charge in [0.05, 0.1) is 0 Å². The van der Waals surface area contributed by atoms with E-state index in [2.05, 4.69) is 22.9 Å². The Morgan fingerprint density at radius 1 is 1.39 bits per heavy atom. The third kappa shape index (κ3) is 2.38. The molecule has 0 atom stereocenters. The minimum absolute atomic E-state index is 0.241. The molecule has 2 aromatic rings. The highest BCUT2D eigenvalue weighted by Crippen LogP contribution is 2.20. The number of rotatable bonds is 4. The number of hydrogen-bond acceptors (Lipinski definition) is 2. The van der Waals surface area contributed by atoms with E-state index in [0.29, 0.717) is 6.54 Å². The Kier molecular flexibility index (Phi) is 3.67. The van der Waals surface area contributed by atoms with E-state index in [1.54, 1.807) is 11.9 Å². The average Bonchev–Trinajstić information content (AvgIpc) is 2.72. The molecule has 4 heteroatoms. The second kappa shape index (κ2) is 5.23. The Morgan fingerprint density at radius 3 is 2.83 bits per heavy atom. The zero-order chi connectivity index (χ0) is 13.1. The van der Waals surface area contributed by atoms with E-state index in [0.717, 1.165) is 6.42 Å². The predicted octanol–water partition coefficient (Wildman–Crippen LogP) is 1.17. The molecule has 1 aromatic heterocycles. The molecule has 0 spiro atoms. The van der Waals surface area contributed by atoms with E-state index in [1.807, 2.05) is 19.2 Å². The van der Waals surface area contributed by atoms with E-state index in [-0.39, 0.29) is 5.91 Å². The van der Waals surface area contributed by atoms with Gasteiger partial charge in [-0.15, -0.1) is 0 Å². The van der Waals surface area contributed by atoms with E-state index in [1.165, 1.54) is 16.5 Å². The number of nitrogens with zero attached hydrogens (tertiary/aromatic N) is 2. The SMILES string of the molecule is CN(CCc1cn(C)c2ccccc12)C(=O)CO. The number of benzene rings is 1. The van der Waals surface area contributed by atoms with Gasteiger partial charge in [0.25, 0.3) is 0 Å². The van der Waals surface area contributed by atoms with Gasteiger partial charge in [-0.25, -0.2) is 0 Å². The molecule has 0 aliphatic heterocycles. The van der Waals surface area contributed by atoms with Gasteiger partial charge in [0.1, 0.15) is 6.61 Å². The topological polar surface area (TPSA) is 45.5 Å². The first-order valence-electron chi connectivity index (χ1n) is 6.01. The number of aromatic nitrogens is 1. The maximum atomic E-state index is 11.3. The number of aliphatic hydroxyl groups excluding tert-OH is 1. The van der Waals surface area contributed by atoms with Crippen molar-refractivity contribution in [1.82, 2.24) is 9.47 Å². The van der Waals surface area contributed by atoms with Crippen LogP contribution in [0, 0.1) is 0 Å². The maximum Gasteiger partial charge on any atom is 0.248 e. The summed E-state index contributed by atoms with van der Waals surface area (Å²) in [6, 6.07) is 8.22. The molecule has 0 radical (unpaired) electrons. The highest BCUT2D eigenvalue weighted by Gasteiger charge is 2.09. The number of hydrogen-bond donors (Lipinski definition) is 1. The summed E-state index contributed by atoms with van der Waals surface area (Å²) in [4.78, 5) is 12.8. The van der Waals surface area contributed by atoms with Crippen LogP contribution in [-0.4, -0.2) is 40.7 Å². The first-order valence-corrected chi connectivity index (χ1v) is 6.01. The molecule has 18 heavy (non-hydrogen) atoms. The minimum Gasteiger partial charge on any atom is -0.387 e. The average molecular weight is 246 g/mol. The lowest BCUT2D eigenvalue weighted by atomic mass is 10.1. The van der Waals surface area contributed by atoms with E-state index in [4.69, 9.17) is 5.11 Å². The van der Waals surface area contributed by atoms with Gasteiger partial charge >= 0.3 is 0 Å². The molecule has 2 rings (SSSR count). The summed E-state index contributed by atoms with van der Waals surface area (Å²) in [7, 11) is 3.73. The second-order valence-electron chi connectivity index (χ2n) is 4.51. The van der Waals surface area contributed by atoms with Crippen LogP contribution in [0.3, 0.4) is 0 Å². The summed E-state index contributed by atoms with van der Waals surface area (Å²) in [6.45, 7) is 0.194. The third-order valence-corrected chi connectivity index (χ3v) is 3.26. The highest BCUT2D eigenvalue weighted by molar-refractivity contribution is 5.84. The van der Waals surface area contributed by atoms with Crippen LogP contribution in [-0.2, 0) is 18.3 Å². The molecular weight excluding hydrogens is 228 g/mol. The van der Waals surface area contributed by atoms with E-state index < -0.39 is 6.61 Å². The molecule has 4 nitrogen and oxygen atoms in total. The summed E-state index contributed by atoms with van der Waals surface area (Å²) in [5.74, 6) is -0.241. The molecule has 0 unspecified atom stereocenters. The molecule has 0 saturated heterocycles. The van der Waals surface area contributed by atoms with Crippen molar-refractivity contribution in [3.05, 3.63) is 36.0 Å². The Bertz CT molecular complexity index is 560. The molecule has 0 aliphatic carbocycles. The van der Waals surface area contributed by atoms with Crippen LogP contribution in [0.2, 0.25) is 0 Å². The van der Waals surface area contributed by atoms with Gasteiger partial charge in [-0.3, -0.25) is 4.79 Å². The number of likely N-dealkylation sites (N-methyl/N-ethyl adjacent to an activating group) is 1. The third-order valence-electron chi connectivity index (χ3n) is 3.26. The quantitative estimate of drug-likeness (QED) is 0.880. The van der Waals surface area contributed by atoms with Gasteiger partial charge in [0, 0.05) is 37.7 Å². The van der Waals surface area contributed by atoms with Crippen LogP contribution in [0.5, 0.6) is 0 Å². The summed E-state index contributed by atoms with van der Waals surface area (Å²) in [5, 5.41) is 10.0. The summed E-state index contributed by atoms with van der Waals surface area (Å²) >= 11 is 0. The van der Waals surface area contributed by atoms with Crippen LogP contribution in [0.4, 0.5) is 0 Å². The van der Waals surface area contributed by atoms with Gasteiger partial charge in [-0.2, -0.15) is 0 Å². The predicted molar refractivity (Wildman–Crippen MR) is 71.3 cm³/mol. The van der Waals surface area contributed by atoms with Gasteiger partial charge in [-0.05, 0) is 18.1 Å². The summed E-state index contributed by atoms with van der Waals surface area (Å²) < 4.78 is 2.10. The van der Waals surface area contributed by atoms with Gasteiger partial charge < -0.3 is 14.6 Å². The number of aryl methyl sites for hydroxylation is 1. The summed E-state index contributed by atoms with van der Waals surface area (Å²) in [6.07, 6.45) is 2.89. The van der Waals surface area contributed by atoms with Crippen LogP contribution >= 0.6 is 0 Å². The first kappa shape index (κ1) is 12.6. The Hall–Kier alpha value is -1.81. The zero-order valence-corrected chi connectivity index (χ0v) is 10.8. The number of carbonyl (C=O) groups is 1. The lowest BCUT2D eigenvalue weighted by Gasteiger charge is -2.15. The van der Waals surface area contributed by atoms with Gasteiger partial charge in [0.15, 0.2) is 0 Å². The first-order chi connectivity index (χ1) is 8.63. The fourth-order valence-electron chi connectivity index (χ4n) is 2.16. The van der Waals surface area contributed by atoms with Crippen molar-refractivity contribution in [3.63, 3.8) is 0 Å². The molecule has 1 heterocycles. The standard InChI is InChI=1S/C14H18N2O2/c1-15(14(18)10-17)8-7-11-9-16(2)13-6-4-3-5-12(11)13/h3-6,9,17H,7-8,10H2,1-2H3. The number of para-hydroxylation sites is 1. The molecule has 1 amide bonds. The fourth-order valence-corrected chi connectivity index (χ4v) is 2.16. The van der Waals surface area contributed by atoms with Crippen molar-refractivity contribution < 1.29 is 9.90 Å². The molecule has 0 fully saturated rings. The smallest absolute Gasteiger partial charge is 0.248 e. The van der Waals surface area contributed by atoms with Gasteiger partial charge in [-0.1, -0.05) is 18.2 Å². The fraction of sp³-hybridized carbons (Fsp3) is 0.357. The normalized spacial score (nSPS) is 10.8. The number of aliphatic hydroxyl groups is 1. The van der Waals surface area contributed by atoms with Crippen LogP contribution in [0.25, 0.3) is 10.9 Å². The van der Waals surface area contributed by atoms with Crippen molar-refractivity contribution in [3.8, 4) is 0 Å². The molecule has 96 valence electrons. The van der Waals surface area contributed by atoms with Crippen molar-refractivity contribution in [2.45, 2.75) is 6.42 Å². The summed E-state index contributed by atoms with van der Waals surface area (Å²) in [5.41, 5.74) is 2.43. The molecule has 1 aromatic carbocycles. The van der Waals surface area contributed by atoms with Crippen LogP contribution in [0.1, 0.15) is 5.56 Å². The van der Waals surface area contributed by atoms with Crippen LogP contribution < -0.4 is 0 Å². The Labute approximate surface area is 106 Å². The lowest BCUT2D eigenvalue weighted by Crippen LogP contribution is -2.31. The molecule has 0 aliphatic rings. The zero-order valence-electron chi connectivity index (χ0n) is 10.8. The Balaban J connectivity index is 2.15. The maximum absolute atomic E-state index is 11.3. The Morgan fingerprint density at radius 2 is 2.11 bits per heavy atom. The van der Waals surface area contributed by atoms with Gasteiger partial charge in [0.2, 0.25) is 5.91 Å². The van der Waals surface area contributed by atoms with Crippen molar-refractivity contribution in [1.29, 1.82) is 0 Å². The monoisotopic (exact) mass is 246 g/mol. The van der Waals surface area contributed by atoms with Crippen molar-refractivity contribution >= 4 is 16.8 Å². The highest BCUT2D eigenvalue weighted by atomic mass is 16.3. The van der Waals surface area contributed by atoms with Crippen molar-refractivity contribution in [2.24, 2.45) is 7.05 Å². The number of amides is 1. The minimum atomic E-state index is -0.425. The van der Waals surface area contributed by atoms with E-state index >= 15 is 0 Å². The molecular formula is C14H18N2O2. The lowest BCUT2D eigenvalue weighted by molar-refractivity contribution is -0.132. The van der Waals surface area contributed by atoms with Crippen LogP contribution in [0.15, 0.2) is 30.5 Å². The second-order valence-corrected chi connectivity index (χ2v) is 4.51. The number of fused-ring (bicyclic) bond motifs is 1. The van der Waals surface area contributed by atoms with Crippen molar-refractivity contribution in [2.75, 3.05) is 20.2 Å². The largest absolute Gasteiger partial charge is 0.387 e. The molecule has 0 saturated carbocycles. The number of carbonyl (C=O) groups excluding carboxylic acids is 1.